The fourth-order valence-corrected chi connectivity index (χ4v) is 4.02. The van der Waals surface area contributed by atoms with Crippen LogP contribution < -0.4 is 0 Å². The van der Waals surface area contributed by atoms with Crippen molar-refractivity contribution in [1.29, 1.82) is 0 Å². The van der Waals surface area contributed by atoms with Gasteiger partial charge in [-0.3, -0.25) is 0 Å². The van der Waals surface area contributed by atoms with Crippen molar-refractivity contribution in [2.24, 2.45) is 0 Å². The minimum atomic E-state index is -1.83. The van der Waals surface area contributed by atoms with Crippen LogP contribution in [0, 0.1) is 0 Å². The van der Waals surface area contributed by atoms with Crippen LogP contribution in [0.2, 0.25) is 18.1 Å². The molecule has 116 valence electrons. The van der Waals surface area contributed by atoms with Gasteiger partial charge in [-0.05, 0) is 38.4 Å². The molecule has 0 radical (unpaired) electrons. The molecular weight excluding hydrogens is 292 g/mol. The monoisotopic (exact) mass is 318 g/mol. The van der Waals surface area contributed by atoms with Gasteiger partial charge in [0, 0.05) is 5.03 Å². The van der Waals surface area contributed by atoms with E-state index >= 15 is 0 Å². The van der Waals surface area contributed by atoms with Crippen LogP contribution in [0.25, 0.3) is 0 Å². The summed E-state index contributed by atoms with van der Waals surface area (Å²) in [4.78, 5) is 0. The van der Waals surface area contributed by atoms with Gasteiger partial charge in [-0.25, -0.2) is 0 Å². The highest BCUT2D eigenvalue weighted by atomic mass is 35.5. The Kier molecular flexibility index (Phi) is 4.20. The first-order valence-electron chi connectivity index (χ1n) is 7.32. The minimum absolute atomic E-state index is 0.0326. The van der Waals surface area contributed by atoms with E-state index in [1.54, 1.807) is 0 Å². The molecule has 1 fully saturated rings. The van der Waals surface area contributed by atoms with Crippen LogP contribution in [0.5, 0.6) is 0 Å². The second-order valence-electron chi connectivity index (χ2n) is 7.76. The summed E-state index contributed by atoms with van der Waals surface area (Å²) in [6, 6.07) is 0. The third-order valence-corrected chi connectivity index (χ3v) is 9.44. The standard InChI is InChI=1S/C15H27ClO3Si/c1-14(2,3)20(6,7)19-11-9-8-10(16)12-13(11)18-15(4,5)17-12/h8,11-13H,9H2,1-7H3/t11-,12-,13+/m1/s1. The fraction of sp³-hybridized carbons (Fsp3) is 0.867. The van der Waals surface area contributed by atoms with Crippen molar-refractivity contribution in [3.05, 3.63) is 11.1 Å². The largest absolute Gasteiger partial charge is 0.411 e. The summed E-state index contributed by atoms with van der Waals surface area (Å²) in [6.45, 7) is 15.1. The average Bonchev–Trinajstić information content (AvgIpc) is 2.57. The zero-order valence-corrected chi connectivity index (χ0v) is 15.4. The summed E-state index contributed by atoms with van der Waals surface area (Å²) in [6.07, 6.45) is 2.56. The number of rotatable bonds is 2. The maximum absolute atomic E-state index is 6.53. The van der Waals surface area contributed by atoms with E-state index in [9.17, 15) is 0 Å². The second-order valence-corrected chi connectivity index (χ2v) is 13.0. The van der Waals surface area contributed by atoms with Gasteiger partial charge in [0.05, 0.1) is 6.10 Å². The van der Waals surface area contributed by atoms with Gasteiger partial charge in [0.1, 0.15) is 12.2 Å². The van der Waals surface area contributed by atoms with E-state index in [1.807, 2.05) is 19.9 Å². The van der Waals surface area contributed by atoms with Gasteiger partial charge >= 0.3 is 0 Å². The second kappa shape index (κ2) is 5.09. The van der Waals surface area contributed by atoms with Crippen LogP contribution in [0.1, 0.15) is 41.0 Å². The van der Waals surface area contributed by atoms with Crippen molar-refractivity contribution >= 4 is 19.9 Å². The van der Waals surface area contributed by atoms with Gasteiger partial charge in [0.2, 0.25) is 0 Å². The van der Waals surface area contributed by atoms with Crippen molar-refractivity contribution in [2.45, 2.75) is 83.3 Å². The van der Waals surface area contributed by atoms with E-state index in [1.165, 1.54) is 0 Å². The van der Waals surface area contributed by atoms with Gasteiger partial charge in [-0.2, -0.15) is 0 Å². The fourth-order valence-electron chi connectivity index (χ4n) is 2.42. The molecule has 2 aliphatic rings. The molecule has 0 aromatic heterocycles. The summed E-state index contributed by atoms with van der Waals surface area (Å²) in [5, 5.41) is 0.929. The van der Waals surface area contributed by atoms with Gasteiger partial charge in [0.15, 0.2) is 14.1 Å². The molecule has 3 atom stereocenters. The molecule has 0 aromatic rings. The molecule has 0 spiro atoms. The highest BCUT2D eigenvalue weighted by Gasteiger charge is 2.51. The SMILES string of the molecule is CC1(C)O[C@@H]2[C@H](O1)C(Cl)=CC[C@H]2O[Si](C)(C)C(C)(C)C. The number of hydrogen-bond donors (Lipinski definition) is 0. The Balaban J connectivity index is 2.18. The number of hydrogen-bond acceptors (Lipinski definition) is 3. The van der Waals surface area contributed by atoms with Crippen molar-refractivity contribution in [3.63, 3.8) is 0 Å². The summed E-state index contributed by atoms with van der Waals surface area (Å²) < 4.78 is 18.5. The van der Waals surface area contributed by atoms with E-state index in [-0.39, 0.29) is 23.4 Å². The Morgan fingerprint density at radius 3 is 2.45 bits per heavy atom. The molecule has 1 saturated heterocycles. The Hall–Kier alpha value is 0.127. The third-order valence-electron chi connectivity index (χ3n) is 4.56. The Labute approximate surface area is 128 Å². The summed E-state index contributed by atoms with van der Waals surface area (Å²) in [7, 11) is -1.83. The van der Waals surface area contributed by atoms with Crippen LogP contribution in [-0.2, 0) is 13.9 Å². The van der Waals surface area contributed by atoms with E-state index < -0.39 is 14.1 Å². The predicted molar refractivity (Wildman–Crippen MR) is 84.4 cm³/mol. The van der Waals surface area contributed by atoms with Gasteiger partial charge in [0.25, 0.3) is 0 Å². The lowest BCUT2D eigenvalue weighted by molar-refractivity contribution is -0.151. The van der Waals surface area contributed by atoms with Gasteiger partial charge in [-0.15, -0.1) is 0 Å². The quantitative estimate of drug-likeness (QED) is 0.705. The molecule has 5 heteroatoms. The van der Waals surface area contributed by atoms with Crippen LogP contribution in [0.3, 0.4) is 0 Å². The molecule has 0 aromatic carbocycles. The summed E-state index contributed by atoms with van der Waals surface area (Å²) in [5.74, 6) is -0.595. The van der Waals surface area contributed by atoms with Gasteiger partial charge in [-0.1, -0.05) is 38.4 Å². The molecule has 1 heterocycles. The lowest BCUT2D eigenvalue weighted by atomic mass is 9.99. The number of ether oxygens (including phenoxy) is 2. The molecule has 0 amide bonds. The first-order valence-corrected chi connectivity index (χ1v) is 10.6. The molecule has 0 unspecified atom stereocenters. The third kappa shape index (κ3) is 3.14. The van der Waals surface area contributed by atoms with Crippen molar-refractivity contribution in [1.82, 2.24) is 0 Å². The maximum atomic E-state index is 6.53. The molecule has 0 bridgehead atoms. The van der Waals surface area contributed by atoms with E-state index in [0.29, 0.717) is 0 Å². The van der Waals surface area contributed by atoms with Crippen LogP contribution in [0.4, 0.5) is 0 Å². The number of fused-ring (bicyclic) bond motifs is 1. The Bertz CT molecular complexity index is 412. The minimum Gasteiger partial charge on any atom is -0.411 e. The molecule has 0 N–H and O–H groups in total. The first-order chi connectivity index (χ1) is 8.93. The lowest BCUT2D eigenvalue weighted by Gasteiger charge is -2.42. The molecule has 1 aliphatic carbocycles. The Morgan fingerprint density at radius 1 is 1.30 bits per heavy atom. The smallest absolute Gasteiger partial charge is 0.192 e. The van der Waals surface area contributed by atoms with E-state index in [4.69, 9.17) is 25.5 Å². The molecule has 0 saturated carbocycles. The zero-order valence-electron chi connectivity index (χ0n) is 13.6. The molecule has 20 heavy (non-hydrogen) atoms. The maximum Gasteiger partial charge on any atom is 0.192 e. The highest BCUT2D eigenvalue weighted by molar-refractivity contribution is 6.74. The molecular formula is C15H27ClO3Si. The van der Waals surface area contributed by atoms with Crippen LogP contribution in [0.15, 0.2) is 11.1 Å². The van der Waals surface area contributed by atoms with Gasteiger partial charge < -0.3 is 13.9 Å². The van der Waals surface area contributed by atoms with Crippen LogP contribution in [-0.4, -0.2) is 32.4 Å². The average molecular weight is 319 g/mol. The van der Waals surface area contributed by atoms with E-state index in [2.05, 4.69) is 33.9 Å². The predicted octanol–water partition coefficient (Wildman–Crippen LogP) is 4.42. The molecule has 2 rings (SSSR count). The zero-order chi connectivity index (χ0) is 15.3. The van der Waals surface area contributed by atoms with Crippen molar-refractivity contribution in [3.8, 4) is 0 Å². The number of halogens is 1. The molecule has 3 nitrogen and oxygen atoms in total. The van der Waals surface area contributed by atoms with Crippen LogP contribution >= 0.6 is 11.6 Å². The van der Waals surface area contributed by atoms with Crippen molar-refractivity contribution < 1.29 is 13.9 Å². The Morgan fingerprint density at radius 2 is 1.90 bits per heavy atom. The molecule has 1 aliphatic heterocycles. The summed E-state index contributed by atoms with van der Waals surface area (Å²) in [5.41, 5.74) is 0. The van der Waals surface area contributed by atoms with E-state index in [0.717, 1.165) is 11.5 Å². The van der Waals surface area contributed by atoms with Crippen molar-refractivity contribution in [2.75, 3.05) is 0 Å². The normalized spacial score (nSPS) is 33.8. The lowest BCUT2D eigenvalue weighted by Crippen LogP contribution is -2.50. The highest BCUT2D eigenvalue weighted by Crippen LogP contribution is 2.43. The summed E-state index contributed by atoms with van der Waals surface area (Å²) >= 11 is 6.28. The topological polar surface area (TPSA) is 27.7 Å². The first kappa shape index (κ1) is 16.5.